The number of benzene rings is 6. The number of nitrogens with zero attached hydrogens (tertiary/aromatic N) is 3. The number of aromatic nitrogens is 3. The highest BCUT2D eigenvalue weighted by Crippen LogP contribution is 2.50. The maximum Gasteiger partial charge on any atom is 0.175 e. The molecule has 9 rings (SSSR count). The van der Waals surface area contributed by atoms with Crippen LogP contribution in [0.5, 0.6) is 0 Å². The number of hydrogen-bond acceptors (Lipinski definition) is 2. The molecule has 1 atom stereocenters. The Morgan fingerprint density at radius 2 is 1.45 bits per heavy atom. The largest absolute Gasteiger partial charge is 0.309 e. The second-order valence-corrected chi connectivity index (χ2v) is 13.7. The van der Waals surface area contributed by atoms with Crippen LogP contribution in [0.15, 0.2) is 127 Å². The molecule has 8 aromatic rings. The van der Waals surface area contributed by atoms with Gasteiger partial charge in [-0.1, -0.05) is 91.9 Å². The molecular formula is C37H26N3OP. The van der Waals surface area contributed by atoms with Gasteiger partial charge in [0.05, 0.1) is 27.8 Å². The van der Waals surface area contributed by atoms with E-state index >= 15 is 4.57 Å². The Morgan fingerprint density at radius 3 is 2.31 bits per heavy atom. The summed E-state index contributed by atoms with van der Waals surface area (Å²) in [7, 11) is -3.22. The standard InChI is InChI=1S/C37H26N3OP/c1-2-35-38-29-16-10-18-33-37(29)40(35)31-22-20-25(23-34(31)42(33,41)26-12-4-3-5-13-26)39-30-17-9-8-15-28(30)36-27-14-7-6-11-24(27)19-21-32(36)39/h3-23H,2H2,1H3. The summed E-state index contributed by atoms with van der Waals surface area (Å²) >= 11 is 0. The molecule has 0 fully saturated rings. The number of rotatable bonds is 3. The molecule has 0 radical (unpaired) electrons. The highest BCUT2D eigenvalue weighted by molar-refractivity contribution is 7.86. The third-order valence-electron chi connectivity index (χ3n) is 8.86. The van der Waals surface area contributed by atoms with Crippen molar-refractivity contribution in [1.29, 1.82) is 0 Å². The van der Waals surface area contributed by atoms with E-state index in [9.17, 15) is 0 Å². The molecule has 3 heterocycles. The van der Waals surface area contributed by atoms with Gasteiger partial charge in [-0.05, 0) is 53.2 Å². The van der Waals surface area contributed by atoms with Gasteiger partial charge in [0, 0.05) is 38.8 Å². The molecule has 0 bridgehead atoms. The number of fused-ring (bicyclic) bond motifs is 7. The van der Waals surface area contributed by atoms with Gasteiger partial charge >= 0.3 is 0 Å². The zero-order valence-electron chi connectivity index (χ0n) is 23.0. The topological polar surface area (TPSA) is 39.8 Å². The minimum absolute atomic E-state index is 0.783. The van der Waals surface area contributed by atoms with Gasteiger partial charge in [0.1, 0.15) is 5.82 Å². The summed E-state index contributed by atoms with van der Waals surface area (Å²) in [5.41, 5.74) is 6.08. The van der Waals surface area contributed by atoms with Crippen LogP contribution in [0.1, 0.15) is 12.7 Å². The van der Waals surface area contributed by atoms with E-state index in [4.69, 9.17) is 4.98 Å². The zero-order valence-corrected chi connectivity index (χ0v) is 23.9. The van der Waals surface area contributed by atoms with Crippen molar-refractivity contribution < 1.29 is 4.57 Å². The first kappa shape index (κ1) is 23.8. The minimum atomic E-state index is -3.22. The Labute approximate surface area is 242 Å². The highest BCUT2D eigenvalue weighted by atomic mass is 31.2. The van der Waals surface area contributed by atoms with E-state index in [-0.39, 0.29) is 0 Å². The van der Waals surface area contributed by atoms with Crippen LogP contribution in [-0.2, 0) is 11.0 Å². The Kier molecular flexibility index (Phi) is 4.83. The maximum absolute atomic E-state index is 15.7. The third kappa shape index (κ3) is 2.97. The number of imidazole rings is 1. The van der Waals surface area contributed by atoms with Crippen LogP contribution in [0.25, 0.3) is 55.0 Å². The van der Waals surface area contributed by atoms with Crippen LogP contribution >= 0.6 is 7.14 Å². The average molecular weight is 560 g/mol. The molecule has 0 N–H and O–H groups in total. The predicted octanol–water partition coefficient (Wildman–Crippen LogP) is 7.79. The summed E-state index contributed by atoms with van der Waals surface area (Å²) in [6.07, 6.45) is 0.783. The lowest BCUT2D eigenvalue weighted by atomic mass is 10.0. The third-order valence-corrected chi connectivity index (χ3v) is 12.0. The van der Waals surface area contributed by atoms with E-state index in [1.54, 1.807) is 0 Å². The first-order valence-electron chi connectivity index (χ1n) is 14.4. The van der Waals surface area contributed by atoms with Crippen molar-refractivity contribution in [2.24, 2.45) is 0 Å². The van der Waals surface area contributed by atoms with Gasteiger partial charge in [0.25, 0.3) is 0 Å². The Morgan fingerprint density at radius 1 is 0.667 bits per heavy atom. The molecule has 2 aromatic heterocycles. The van der Waals surface area contributed by atoms with Gasteiger partial charge in [-0.15, -0.1) is 0 Å². The van der Waals surface area contributed by atoms with E-state index in [2.05, 4.69) is 94.9 Å². The molecular weight excluding hydrogens is 533 g/mol. The lowest BCUT2D eigenvalue weighted by Gasteiger charge is -2.29. The van der Waals surface area contributed by atoms with Crippen LogP contribution in [0.2, 0.25) is 0 Å². The Hall–Kier alpha value is -4.92. The summed E-state index contributed by atoms with van der Waals surface area (Å²) in [6, 6.07) is 44.1. The molecule has 6 aromatic carbocycles. The molecule has 0 amide bonds. The monoisotopic (exact) mass is 559 g/mol. The van der Waals surface area contributed by atoms with E-state index in [0.717, 1.165) is 61.6 Å². The quantitative estimate of drug-likeness (QED) is 0.207. The van der Waals surface area contributed by atoms with Crippen molar-refractivity contribution in [2.45, 2.75) is 13.3 Å². The van der Waals surface area contributed by atoms with Gasteiger partial charge in [-0.3, -0.25) is 4.57 Å². The minimum Gasteiger partial charge on any atom is -0.309 e. The molecule has 4 nitrogen and oxygen atoms in total. The first-order valence-corrected chi connectivity index (χ1v) is 16.1. The van der Waals surface area contributed by atoms with Crippen molar-refractivity contribution in [3.05, 3.63) is 133 Å². The smallest absolute Gasteiger partial charge is 0.175 e. The van der Waals surface area contributed by atoms with Crippen LogP contribution < -0.4 is 15.9 Å². The van der Waals surface area contributed by atoms with Crippen molar-refractivity contribution >= 4 is 66.7 Å². The second kappa shape index (κ2) is 8.55. The molecule has 42 heavy (non-hydrogen) atoms. The zero-order chi connectivity index (χ0) is 28.0. The van der Waals surface area contributed by atoms with Gasteiger partial charge in [-0.2, -0.15) is 0 Å². The summed E-state index contributed by atoms with van der Waals surface area (Å²) in [5.74, 6) is 0.981. The molecule has 1 aliphatic heterocycles. The summed E-state index contributed by atoms with van der Waals surface area (Å²) in [6.45, 7) is 2.13. The fourth-order valence-electron chi connectivity index (χ4n) is 7.06. The Balaban J connectivity index is 1.42. The van der Waals surface area contributed by atoms with Crippen LogP contribution in [0, 0.1) is 0 Å². The van der Waals surface area contributed by atoms with Crippen molar-refractivity contribution in [3.8, 4) is 11.4 Å². The molecule has 1 unspecified atom stereocenters. The van der Waals surface area contributed by atoms with Gasteiger partial charge in [0.15, 0.2) is 7.14 Å². The lowest BCUT2D eigenvalue weighted by molar-refractivity contribution is 0.592. The Bertz CT molecular complexity index is 2430. The molecule has 1 aliphatic rings. The molecule has 0 saturated carbocycles. The van der Waals surface area contributed by atoms with Gasteiger partial charge < -0.3 is 9.13 Å². The lowest BCUT2D eigenvalue weighted by Crippen LogP contribution is -2.33. The molecule has 200 valence electrons. The second-order valence-electron chi connectivity index (χ2n) is 11.0. The van der Waals surface area contributed by atoms with E-state index in [1.807, 2.05) is 48.5 Å². The van der Waals surface area contributed by atoms with Crippen LogP contribution in [0.4, 0.5) is 0 Å². The number of hydrogen-bond donors (Lipinski definition) is 0. The van der Waals surface area contributed by atoms with Crippen molar-refractivity contribution in [3.63, 3.8) is 0 Å². The molecule has 0 saturated heterocycles. The molecule has 5 heteroatoms. The molecule has 0 spiro atoms. The fourth-order valence-corrected chi connectivity index (χ4v) is 10.1. The SMILES string of the molecule is CCc1nc2cccc3c2n1-c1ccc(-n2c4ccccc4c4c5ccccc5ccc42)cc1P3(=O)c1ccccc1. The number of para-hydroxylation sites is 2. The van der Waals surface area contributed by atoms with Crippen LogP contribution in [0.3, 0.4) is 0 Å². The van der Waals surface area contributed by atoms with Crippen molar-refractivity contribution in [1.82, 2.24) is 14.1 Å². The van der Waals surface area contributed by atoms with Gasteiger partial charge in [-0.25, -0.2) is 4.98 Å². The predicted molar refractivity (Wildman–Crippen MR) is 175 cm³/mol. The summed E-state index contributed by atoms with van der Waals surface area (Å²) in [5, 5.41) is 7.46. The normalized spacial score (nSPS) is 16.0. The van der Waals surface area contributed by atoms with E-state index < -0.39 is 7.14 Å². The van der Waals surface area contributed by atoms with E-state index in [0.29, 0.717) is 0 Å². The van der Waals surface area contributed by atoms with Gasteiger partial charge in [0.2, 0.25) is 0 Å². The summed E-state index contributed by atoms with van der Waals surface area (Å²) in [4.78, 5) is 4.98. The van der Waals surface area contributed by atoms with Crippen molar-refractivity contribution in [2.75, 3.05) is 0 Å². The summed E-state index contributed by atoms with van der Waals surface area (Å²) < 4.78 is 20.3. The molecule has 0 aliphatic carbocycles. The fraction of sp³-hybridized carbons (Fsp3) is 0.0541. The number of aryl methyl sites for hydroxylation is 1. The maximum atomic E-state index is 15.7. The van der Waals surface area contributed by atoms with E-state index in [1.165, 1.54) is 21.5 Å². The first-order chi connectivity index (χ1) is 20.7. The highest BCUT2D eigenvalue weighted by Gasteiger charge is 2.40. The average Bonchev–Trinajstić information content (AvgIpc) is 3.60. The van der Waals surface area contributed by atoms with Crippen LogP contribution in [-0.4, -0.2) is 14.1 Å².